The Labute approximate surface area is 81.0 Å². The van der Waals surface area contributed by atoms with Gasteiger partial charge in [0.05, 0.1) is 6.61 Å². The Morgan fingerprint density at radius 3 is 2.38 bits per heavy atom. The summed E-state index contributed by atoms with van der Waals surface area (Å²) >= 11 is 0. The molecule has 1 aliphatic carbocycles. The van der Waals surface area contributed by atoms with Crippen LogP contribution in [0.5, 0.6) is 0 Å². The van der Waals surface area contributed by atoms with E-state index in [1.54, 1.807) is 0 Å². The van der Waals surface area contributed by atoms with E-state index >= 15 is 0 Å². The molecule has 0 spiro atoms. The summed E-state index contributed by atoms with van der Waals surface area (Å²) in [6.07, 6.45) is 6.93. The molecule has 2 unspecified atom stereocenters. The predicted molar refractivity (Wildman–Crippen MR) is 53.7 cm³/mol. The van der Waals surface area contributed by atoms with Crippen molar-refractivity contribution in [2.75, 3.05) is 20.3 Å². The topological polar surface area (TPSA) is 21.3 Å². The first kappa shape index (κ1) is 9.47. The van der Waals surface area contributed by atoms with Crippen LogP contribution in [0.15, 0.2) is 0 Å². The zero-order valence-corrected chi connectivity index (χ0v) is 8.59. The van der Waals surface area contributed by atoms with Crippen molar-refractivity contribution in [2.45, 2.75) is 38.1 Å². The number of hydrogen-bond acceptors (Lipinski definition) is 2. The van der Waals surface area contributed by atoms with E-state index in [1.165, 1.54) is 32.1 Å². The summed E-state index contributed by atoms with van der Waals surface area (Å²) in [5.74, 6) is 1.72. The summed E-state index contributed by atoms with van der Waals surface area (Å²) in [7, 11) is 2.11. The fourth-order valence-electron chi connectivity index (χ4n) is 2.70. The van der Waals surface area contributed by atoms with Crippen molar-refractivity contribution in [3.05, 3.63) is 0 Å². The average Bonchev–Trinajstić information content (AvgIpc) is 2.12. The fraction of sp³-hybridized carbons (Fsp3) is 1.00. The average molecular weight is 183 g/mol. The lowest BCUT2D eigenvalue weighted by atomic mass is 9.74. The maximum Gasteiger partial charge on any atom is 0.0509 e. The second kappa shape index (κ2) is 4.43. The Morgan fingerprint density at radius 2 is 1.92 bits per heavy atom. The molecule has 2 rings (SSSR count). The first-order chi connectivity index (χ1) is 6.42. The lowest BCUT2D eigenvalue weighted by Crippen LogP contribution is -2.45. The van der Waals surface area contributed by atoms with Crippen molar-refractivity contribution < 1.29 is 4.74 Å². The second-order valence-corrected chi connectivity index (χ2v) is 4.48. The van der Waals surface area contributed by atoms with Crippen LogP contribution in [0.4, 0.5) is 0 Å². The van der Waals surface area contributed by atoms with Gasteiger partial charge in [-0.2, -0.15) is 0 Å². The molecule has 0 aromatic heterocycles. The molecule has 2 fully saturated rings. The highest BCUT2D eigenvalue weighted by molar-refractivity contribution is 4.87. The highest BCUT2D eigenvalue weighted by atomic mass is 16.5. The van der Waals surface area contributed by atoms with E-state index in [2.05, 4.69) is 12.4 Å². The molecule has 2 aliphatic rings. The minimum atomic E-state index is 0.731. The molecule has 1 aliphatic heterocycles. The van der Waals surface area contributed by atoms with E-state index < -0.39 is 0 Å². The van der Waals surface area contributed by atoms with Crippen molar-refractivity contribution in [2.24, 2.45) is 11.8 Å². The second-order valence-electron chi connectivity index (χ2n) is 4.48. The van der Waals surface area contributed by atoms with Gasteiger partial charge in [-0.15, -0.1) is 0 Å². The van der Waals surface area contributed by atoms with Crippen LogP contribution in [0.3, 0.4) is 0 Å². The molecule has 2 nitrogen and oxygen atoms in total. The quantitative estimate of drug-likeness (QED) is 0.720. The molecular weight excluding hydrogens is 162 g/mol. The molecule has 0 radical (unpaired) electrons. The molecule has 13 heavy (non-hydrogen) atoms. The smallest absolute Gasteiger partial charge is 0.0509 e. The maximum absolute atomic E-state index is 5.54. The van der Waals surface area contributed by atoms with Gasteiger partial charge in [0.15, 0.2) is 0 Å². The third-order valence-corrected chi connectivity index (χ3v) is 3.69. The van der Waals surface area contributed by atoms with Crippen LogP contribution in [0, 0.1) is 11.8 Å². The Bertz CT molecular complexity index is 150. The van der Waals surface area contributed by atoms with Gasteiger partial charge in [0.2, 0.25) is 0 Å². The molecule has 1 N–H and O–H groups in total. The van der Waals surface area contributed by atoms with Gasteiger partial charge >= 0.3 is 0 Å². The summed E-state index contributed by atoms with van der Waals surface area (Å²) < 4.78 is 5.54. The minimum absolute atomic E-state index is 0.731. The summed E-state index contributed by atoms with van der Waals surface area (Å²) in [6.45, 7) is 1.97. The molecule has 1 saturated carbocycles. The highest BCUT2D eigenvalue weighted by Gasteiger charge is 2.32. The van der Waals surface area contributed by atoms with E-state index in [-0.39, 0.29) is 0 Å². The molecule has 76 valence electrons. The van der Waals surface area contributed by atoms with Crippen LogP contribution in [0.25, 0.3) is 0 Å². The first-order valence-electron chi connectivity index (χ1n) is 5.67. The fourth-order valence-corrected chi connectivity index (χ4v) is 2.70. The molecule has 1 saturated heterocycles. The van der Waals surface area contributed by atoms with Crippen LogP contribution in [-0.4, -0.2) is 26.3 Å². The third-order valence-electron chi connectivity index (χ3n) is 3.69. The minimum Gasteiger partial charge on any atom is -0.381 e. The highest BCUT2D eigenvalue weighted by Crippen LogP contribution is 2.34. The van der Waals surface area contributed by atoms with Gasteiger partial charge < -0.3 is 10.1 Å². The van der Waals surface area contributed by atoms with Crippen molar-refractivity contribution in [3.63, 3.8) is 0 Å². The number of hydrogen-bond donors (Lipinski definition) is 1. The Morgan fingerprint density at radius 1 is 1.15 bits per heavy atom. The van der Waals surface area contributed by atoms with Gasteiger partial charge in [0.25, 0.3) is 0 Å². The number of ether oxygens (including phenoxy) is 1. The molecule has 1 heterocycles. The summed E-state index contributed by atoms with van der Waals surface area (Å²) in [6, 6.07) is 0.731. The van der Waals surface area contributed by atoms with Crippen LogP contribution in [-0.2, 0) is 4.74 Å². The summed E-state index contributed by atoms with van der Waals surface area (Å²) in [5.41, 5.74) is 0. The van der Waals surface area contributed by atoms with E-state index in [4.69, 9.17) is 4.74 Å². The van der Waals surface area contributed by atoms with E-state index in [0.717, 1.165) is 31.1 Å². The van der Waals surface area contributed by atoms with Gasteiger partial charge in [-0.3, -0.25) is 0 Å². The monoisotopic (exact) mass is 183 g/mol. The Kier molecular flexibility index (Phi) is 3.23. The molecular formula is C11H21NO. The van der Waals surface area contributed by atoms with Crippen LogP contribution < -0.4 is 5.32 Å². The number of nitrogens with one attached hydrogen (secondary N) is 1. The molecule has 2 atom stereocenters. The van der Waals surface area contributed by atoms with Crippen molar-refractivity contribution in [3.8, 4) is 0 Å². The molecule has 2 heteroatoms. The Balaban J connectivity index is 1.86. The van der Waals surface area contributed by atoms with Crippen LogP contribution >= 0.6 is 0 Å². The van der Waals surface area contributed by atoms with E-state index in [9.17, 15) is 0 Å². The maximum atomic E-state index is 5.54. The van der Waals surface area contributed by atoms with Crippen LogP contribution in [0.1, 0.15) is 32.1 Å². The predicted octanol–water partition coefficient (Wildman–Crippen LogP) is 1.80. The third kappa shape index (κ3) is 2.05. The van der Waals surface area contributed by atoms with E-state index in [0.29, 0.717) is 0 Å². The normalized spacial score (nSPS) is 32.5. The molecule has 0 aromatic carbocycles. The van der Waals surface area contributed by atoms with Crippen molar-refractivity contribution >= 4 is 0 Å². The molecule has 0 amide bonds. The van der Waals surface area contributed by atoms with Gasteiger partial charge in [-0.1, -0.05) is 6.42 Å². The van der Waals surface area contributed by atoms with Gasteiger partial charge in [-0.05, 0) is 44.6 Å². The standard InChI is InChI=1S/C11H21NO/c1-12-11(9-4-2-5-9)10-6-3-7-13-8-10/h9-12H,2-8H2,1H3. The van der Waals surface area contributed by atoms with Crippen LogP contribution in [0.2, 0.25) is 0 Å². The van der Waals surface area contributed by atoms with Gasteiger partial charge in [0, 0.05) is 12.6 Å². The zero-order valence-electron chi connectivity index (χ0n) is 8.59. The van der Waals surface area contributed by atoms with Gasteiger partial charge in [0.1, 0.15) is 0 Å². The number of rotatable bonds is 3. The molecule has 0 aromatic rings. The molecule has 0 bridgehead atoms. The SMILES string of the molecule is CNC(C1CCC1)C1CCCOC1. The first-order valence-corrected chi connectivity index (χ1v) is 5.67. The lowest BCUT2D eigenvalue weighted by molar-refractivity contribution is 0.0209. The summed E-state index contributed by atoms with van der Waals surface area (Å²) in [5, 5.41) is 3.49. The summed E-state index contributed by atoms with van der Waals surface area (Å²) in [4.78, 5) is 0. The van der Waals surface area contributed by atoms with Gasteiger partial charge in [-0.25, -0.2) is 0 Å². The van der Waals surface area contributed by atoms with E-state index in [1.807, 2.05) is 0 Å². The Hall–Kier alpha value is -0.0800. The lowest BCUT2D eigenvalue weighted by Gasteiger charge is -2.39. The van der Waals surface area contributed by atoms with Crippen molar-refractivity contribution in [1.29, 1.82) is 0 Å². The zero-order chi connectivity index (χ0) is 9.10. The largest absolute Gasteiger partial charge is 0.381 e. The van der Waals surface area contributed by atoms with Crippen molar-refractivity contribution in [1.82, 2.24) is 5.32 Å².